The van der Waals surface area contributed by atoms with E-state index >= 15 is 0 Å². The third kappa shape index (κ3) is 3.68. The van der Waals surface area contributed by atoms with E-state index in [1.165, 1.54) is 6.92 Å². The van der Waals surface area contributed by atoms with Gasteiger partial charge >= 0.3 is 12.1 Å². The van der Waals surface area contributed by atoms with Crippen molar-refractivity contribution in [3.05, 3.63) is 28.8 Å². The summed E-state index contributed by atoms with van der Waals surface area (Å²) in [6, 6.07) is 1.71. The van der Waals surface area contributed by atoms with E-state index in [9.17, 15) is 26.4 Å². The van der Waals surface area contributed by atoms with Gasteiger partial charge in [0.25, 0.3) is 0 Å². The largest absolute Gasteiger partial charge is 0.481 e. The summed E-state index contributed by atoms with van der Waals surface area (Å²) >= 11 is 5.68. The minimum Gasteiger partial charge on any atom is -0.481 e. The molecule has 0 aromatic heterocycles. The molecule has 10 heteroatoms. The molecule has 2 atom stereocenters. The first kappa shape index (κ1) is 19.0. The van der Waals surface area contributed by atoms with Crippen LogP contribution >= 0.6 is 11.6 Å². The molecule has 0 aliphatic carbocycles. The molecular formula is C14H15ClF3NO4S. The monoisotopic (exact) mass is 385 g/mol. The molecule has 1 aromatic carbocycles. The number of sulfonamides is 1. The summed E-state index contributed by atoms with van der Waals surface area (Å²) in [5, 5.41) is 8.93. The van der Waals surface area contributed by atoms with Gasteiger partial charge in [0, 0.05) is 17.6 Å². The Labute approximate surface area is 142 Å². The molecule has 1 aromatic rings. The van der Waals surface area contributed by atoms with E-state index in [2.05, 4.69) is 0 Å². The fraction of sp³-hybridized carbons (Fsp3) is 0.500. The number of aliphatic carboxylic acids is 1. The quantitative estimate of drug-likeness (QED) is 0.866. The van der Waals surface area contributed by atoms with E-state index < -0.39 is 44.6 Å². The van der Waals surface area contributed by atoms with Gasteiger partial charge in [-0.05, 0) is 38.0 Å². The fourth-order valence-electron chi connectivity index (χ4n) is 2.68. The number of piperidine rings is 1. The summed E-state index contributed by atoms with van der Waals surface area (Å²) in [6.45, 7) is 1.16. The van der Waals surface area contributed by atoms with Gasteiger partial charge in [-0.1, -0.05) is 11.6 Å². The topological polar surface area (TPSA) is 74.7 Å². The van der Waals surface area contributed by atoms with Crippen LogP contribution in [-0.2, 0) is 21.0 Å². The molecule has 1 heterocycles. The van der Waals surface area contributed by atoms with Crippen molar-refractivity contribution in [2.75, 3.05) is 6.54 Å². The zero-order valence-corrected chi connectivity index (χ0v) is 14.1. The van der Waals surface area contributed by atoms with Crippen molar-refractivity contribution in [2.24, 2.45) is 5.92 Å². The predicted octanol–water partition coefficient (Wildman–Crippen LogP) is 3.23. The maximum atomic E-state index is 13.2. The van der Waals surface area contributed by atoms with Crippen molar-refractivity contribution >= 4 is 27.6 Å². The molecule has 0 saturated carbocycles. The van der Waals surface area contributed by atoms with E-state index in [1.54, 1.807) is 0 Å². The van der Waals surface area contributed by atoms with Crippen LogP contribution in [0.4, 0.5) is 13.2 Å². The zero-order valence-electron chi connectivity index (χ0n) is 12.5. The van der Waals surface area contributed by atoms with Gasteiger partial charge in [-0.25, -0.2) is 8.42 Å². The highest BCUT2D eigenvalue weighted by Crippen LogP contribution is 2.38. The lowest BCUT2D eigenvalue weighted by Gasteiger charge is -2.35. The number of rotatable bonds is 3. The Morgan fingerprint density at radius 2 is 1.96 bits per heavy atom. The van der Waals surface area contributed by atoms with Gasteiger partial charge in [-0.2, -0.15) is 17.5 Å². The number of alkyl halides is 3. The molecule has 0 amide bonds. The van der Waals surface area contributed by atoms with Crippen molar-refractivity contribution in [1.82, 2.24) is 4.31 Å². The maximum absolute atomic E-state index is 13.2. The summed E-state index contributed by atoms with van der Waals surface area (Å²) in [6.07, 6.45) is -4.36. The third-order valence-corrected chi connectivity index (χ3v) is 6.26. The Morgan fingerprint density at radius 3 is 2.50 bits per heavy atom. The molecule has 1 aliphatic rings. The molecule has 134 valence electrons. The van der Waals surface area contributed by atoms with E-state index in [1.807, 2.05) is 0 Å². The third-order valence-electron chi connectivity index (χ3n) is 4.01. The summed E-state index contributed by atoms with van der Waals surface area (Å²) in [5.74, 6) is -2.13. The fourth-order valence-corrected chi connectivity index (χ4v) is 4.86. The van der Waals surface area contributed by atoms with Crippen molar-refractivity contribution in [3.8, 4) is 0 Å². The highest BCUT2D eigenvalue weighted by molar-refractivity contribution is 7.89. The first-order valence-electron chi connectivity index (χ1n) is 7.06. The first-order chi connectivity index (χ1) is 10.9. The lowest BCUT2D eigenvalue weighted by Crippen LogP contribution is -2.47. The minimum atomic E-state index is -4.88. The molecule has 0 bridgehead atoms. The smallest absolute Gasteiger partial charge is 0.417 e. The zero-order chi connectivity index (χ0) is 18.3. The van der Waals surface area contributed by atoms with Crippen molar-refractivity contribution in [3.63, 3.8) is 0 Å². The summed E-state index contributed by atoms with van der Waals surface area (Å²) in [7, 11) is -4.55. The lowest BCUT2D eigenvalue weighted by molar-refractivity contribution is -0.143. The first-order valence-corrected chi connectivity index (χ1v) is 8.87. The summed E-state index contributed by atoms with van der Waals surface area (Å²) in [4.78, 5) is 10.2. The molecule has 2 rings (SSSR count). The average Bonchev–Trinajstić information content (AvgIpc) is 2.45. The molecule has 1 aliphatic heterocycles. The predicted molar refractivity (Wildman–Crippen MR) is 80.2 cm³/mol. The Hall–Kier alpha value is -1.32. The van der Waals surface area contributed by atoms with Crippen LogP contribution in [0.1, 0.15) is 25.3 Å². The molecule has 0 radical (unpaired) electrons. The van der Waals surface area contributed by atoms with E-state index in [0.29, 0.717) is 6.07 Å². The number of benzene rings is 1. The standard InChI is InChI=1S/C14H15ClF3NO4S/c1-8-2-3-9(13(20)21)7-19(8)24(22,23)12-6-10(15)4-5-11(12)14(16,17)18/h4-6,8-9H,2-3,7H2,1H3,(H,20,21). The van der Waals surface area contributed by atoms with E-state index in [4.69, 9.17) is 16.7 Å². The highest BCUT2D eigenvalue weighted by Gasteiger charge is 2.42. The second-order valence-corrected chi connectivity index (χ2v) is 7.97. The summed E-state index contributed by atoms with van der Waals surface area (Å²) in [5.41, 5.74) is -1.32. The van der Waals surface area contributed by atoms with Crippen LogP contribution in [0, 0.1) is 5.92 Å². The molecule has 1 saturated heterocycles. The second-order valence-electron chi connectivity index (χ2n) is 5.67. The number of nitrogens with zero attached hydrogens (tertiary/aromatic N) is 1. The molecule has 24 heavy (non-hydrogen) atoms. The van der Waals surface area contributed by atoms with Crippen molar-refractivity contribution in [1.29, 1.82) is 0 Å². The van der Waals surface area contributed by atoms with Gasteiger partial charge in [-0.15, -0.1) is 0 Å². The SMILES string of the molecule is CC1CCC(C(=O)O)CN1S(=O)(=O)c1cc(Cl)ccc1C(F)(F)F. The number of hydrogen-bond donors (Lipinski definition) is 1. The maximum Gasteiger partial charge on any atom is 0.417 e. The number of carboxylic acid groups (broad SMARTS) is 1. The van der Waals surface area contributed by atoms with Gasteiger partial charge in [0.05, 0.1) is 16.4 Å². The molecule has 2 unspecified atom stereocenters. The normalized spacial score (nSPS) is 23.2. The Bertz CT molecular complexity index is 751. The van der Waals surface area contributed by atoms with E-state index in [-0.39, 0.29) is 24.4 Å². The van der Waals surface area contributed by atoms with Gasteiger partial charge in [0.15, 0.2) is 0 Å². The average molecular weight is 386 g/mol. The Kier molecular flexibility index (Phi) is 5.17. The lowest BCUT2D eigenvalue weighted by atomic mass is 9.96. The van der Waals surface area contributed by atoms with E-state index in [0.717, 1.165) is 16.4 Å². The second kappa shape index (κ2) is 6.53. The molecular weight excluding hydrogens is 371 g/mol. The van der Waals surface area contributed by atoms with Gasteiger partial charge in [0.1, 0.15) is 0 Å². The van der Waals surface area contributed by atoms with Crippen LogP contribution in [0.3, 0.4) is 0 Å². The van der Waals surface area contributed by atoms with Gasteiger partial charge in [0.2, 0.25) is 10.0 Å². The number of halogens is 4. The number of hydrogen-bond acceptors (Lipinski definition) is 3. The number of carboxylic acids is 1. The van der Waals surface area contributed by atoms with Crippen LogP contribution < -0.4 is 0 Å². The van der Waals surface area contributed by atoms with Crippen molar-refractivity contribution < 1.29 is 31.5 Å². The van der Waals surface area contributed by atoms with Gasteiger partial charge < -0.3 is 5.11 Å². The van der Waals surface area contributed by atoms with Gasteiger partial charge in [-0.3, -0.25) is 4.79 Å². The summed E-state index contributed by atoms with van der Waals surface area (Å²) < 4.78 is 65.8. The molecule has 1 N–H and O–H groups in total. The number of carbonyl (C=O) groups is 1. The van der Waals surface area contributed by atoms with Crippen molar-refractivity contribution in [2.45, 2.75) is 36.9 Å². The Morgan fingerprint density at radius 1 is 1.33 bits per heavy atom. The molecule has 5 nitrogen and oxygen atoms in total. The molecule has 1 fully saturated rings. The Balaban J connectivity index is 2.54. The van der Waals surface area contributed by atoms with Crippen LogP contribution in [0.25, 0.3) is 0 Å². The van der Waals surface area contributed by atoms with Crippen LogP contribution in [0.15, 0.2) is 23.1 Å². The minimum absolute atomic E-state index is 0.152. The highest BCUT2D eigenvalue weighted by atomic mass is 35.5. The molecule has 0 spiro atoms. The van der Waals surface area contributed by atoms with Crippen LogP contribution in [-0.4, -0.2) is 36.4 Å². The van der Waals surface area contributed by atoms with Crippen LogP contribution in [0.5, 0.6) is 0 Å². The van der Waals surface area contributed by atoms with Crippen LogP contribution in [0.2, 0.25) is 5.02 Å².